The molecule has 0 aliphatic heterocycles. The molecule has 28 heavy (non-hydrogen) atoms. The van der Waals surface area contributed by atoms with Gasteiger partial charge in [0.2, 0.25) is 0 Å². The zero-order chi connectivity index (χ0) is 19.8. The molecule has 0 radical (unpaired) electrons. The van der Waals surface area contributed by atoms with Crippen molar-refractivity contribution in [3.8, 4) is 0 Å². The molecule has 0 heterocycles. The molecule has 2 saturated carbocycles. The summed E-state index contributed by atoms with van der Waals surface area (Å²) in [6.45, 7) is 7.41. The van der Waals surface area contributed by atoms with Gasteiger partial charge in [0.25, 0.3) is 0 Å². The average Bonchev–Trinajstić information content (AvgIpc) is 2.75. The SMILES string of the molecule is C=CC1CCC(C2CCC(OC(=O)c3ccc(COCCC)cc3)CC2)CC1. The van der Waals surface area contributed by atoms with E-state index < -0.39 is 0 Å². The summed E-state index contributed by atoms with van der Waals surface area (Å²) in [5.41, 5.74) is 1.74. The van der Waals surface area contributed by atoms with Crippen LogP contribution in [0.2, 0.25) is 0 Å². The molecule has 0 N–H and O–H groups in total. The standard InChI is InChI=1S/C25H36O3/c1-3-17-27-18-20-7-11-23(12-8-20)25(26)28-24-15-13-22(14-16-24)21-9-5-19(4-2)6-10-21/h4,7-8,11-12,19,21-22,24H,2-3,5-6,9-10,13-18H2,1H3. The number of esters is 1. The highest BCUT2D eigenvalue weighted by Crippen LogP contribution is 2.40. The predicted octanol–water partition coefficient (Wildman–Crippen LogP) is 6.32. The minimum absolute atomic E-state index is 0.0841. The van der Waals surface area contributed by atoms with Gasteiger partial charge in [-0.2, -0.15) is 0 Å². The third kappa shape index (κ3) is 5.94. The molecule has 3 rings (SSSR count). The van der Waals surface area contributed by atoms with E-state index >= 15 is 0 Å². The normalized spacial score (nSPS) is 27.9. The van der Waals surface area contributed by atoms with Gasteiger partial charge in [0.05, 0.1) is 12.2 Å². The van der Waals surface area contributed by atoms with Gasteiger partial charge in [-0.3, -0.25) is 0 Å². The second kappa shape index (κ2) is 10.8. The van der Waals surface area contributed by atoms with E-state index in [1.54, 1.807) is 0 Å². The summed E-state index contributed by atoms with van der Waals surface area (Å²) >= 11 is 0. The molecule has 0 saturated heterocycles. The van der Waals surface area contributed by atoms with Crippen LogP contribution in [0.5, 0.6) is 0 Å². The van der Waals surface area contributed by atoms with Crippen molar-refractivity contribution >= 4 is 5.97 Å². The average molecular weight is 385 g/mol. The van der Waals surface area contributed by atoms with Crippen molar-refractivity contribution in [3.05, 3.63) is 48.0 Å². The Kier molecular flexibility index (Phi) is 8.14. The maximum Gasteiger partial charge on any atom is 0.338 e. The molecule has 0 unspecified atom stereocenters. The zero-order valence-corrected chi connectivity index (χ0v) is 17.4. The first kappa shape index (κ1) is 21.1. The first-order valence-corrected chi connectivity index (χ1v) is 11.2. The van der Waals surface area contributed by atoms with Gasteiger partial charge in [0, 0.05) is 6.61 Å². The van der Waals surface area contributed by atoms with Crippen LogP contribution in [0.3, 0.4) is 0 Å². The lowest BCUT2D eigenvalue weighted by atomic mass is 9.70. The lowest BCUT2D eigenvalue weighted by Crippen LogP contribution is -2.29. The molecule has 3 nitrogen and oxygen atoms in total. The summed E-state index contributed by atoms with van der Waals surface area (Å²) in [5, 5.41) is 0. The van der Waals surface area contributed by atoms with E-state index in [-0.39, 0.29) is 12.1 Å². The van der Waals surface area contributed by atoms with E-state index in [4.69, 9.17) is 9.47 Å². The summed E-state index contributed by atoms with van der Waals surface area (Å²) in [7, 11) is 0. The molecular weight excluding hydrogens is 348 g/mol. The number of allylic oxidation sites excluding steroid dienone is 1. The Hall–Kier alpha value is -1.61. The fraction of sp³-hybridized carbons (Fsp3) is 0.640. The van der Waals surface area contributed by atoms with Crippen molar-refractivity contribution in [2.45, 2.75) is 77.4 Å². The van der Waals surface area contributed by atoms with Gasteiger partial charge in [-0.25, -0.2) is 4.79 Å². The third-order valence-electron chi connectivity index (χ3n) is 6.62. The minimum atomic E-state index is -0.184. The fourth-order valence-corrected chi connectivity index (χ4v) is 4.82. The molecule has 2 aliphatic carbocycles. The summed E-state index contributed by atoms with van der Waals surface area (Å²) < 4.78 is 11.3. The topological polar surface area (TPSA) is 35.5 Å². The van der Waals surface area contributed by atoms with Gasteiger partial charge in [0.15, 0.2) is 0 Å². The minimum Gasteiger partial charge on any atom is -0.459 e. The van der Waals surface area contributed by atoms with Crippen molar-refractivity contribution in [2.24, 2.45) is 17.8 Å². The Morgan fingerprint density at radius 1 is 1.00 bits per heavy atom. The summed E-state index contributed by atoms with van der Waals surface area (Å²) in [6, 6.07) is 7.64. The maximum absolute atomic E-state index is 12.5. The number of benzene rings is 1. The molecular formula is C25H36O3. The summed E-state index contributed by atoms with van der Waals surface area (Å²) in [5.74, 6) is 2.24. The number of carbonyl (C=O) groups is 1. The van der Waals surface area contributed by atoms with Gasteiger partial charge >= 0.3 is 5.97 Å². The molecule has 2 fully saturated rings. The Balaban J connectivity index is 1.40. The first-order valence-electron chi connectivity index (χ1n) is 11.2. The second-order valence-electron chi connectivity index (χ2n) is 8.60. The number of hydrogen-bond acceptors (Lipinski definition) is 3. The van der Waals surface area contributed by atoms with Gasteiger partial charge < -0.3 is 9.47 Å². The first-order chi connectivity index (χ1) is 13.7. The Bertz CT molecular complexity index is 605. The van der Waals surface area contributed by atoms with E-state index in [0.717, 1.165) is 49.2 Å². The van der Waals surface area contributed by atoms with Crippen LogP contribution in [0.4, 0.5) is 0 Å². The summed E-state index contributed by atoms with van der Waals surface area (Å²) in [4.78, 5) is 12.5. The molecule has 154 valence electrons. The Morgan fingerprint density at radius 3 is 2.18 bits per heavy atom. The van der Waals surface area contributed by atoms with Gasteiger partial charge in [-0.1, -0.05) is 25.1 Å². The molecule has 3 heteroatoms. The zero-order valence-electron chi connectivity index (χ0n) is 17.4. The van der Waals surface area contributed by atoms with Crippen molar-refractivity contribution in [1.82, 2.24) is 0 Å². The highest BCUT2D eigenvalue weighted by molar-refractivity contribution is 5.89. The molecule has 0 amide bonds. The third-order valence-corrected chi connectivity index (χ3v) is 6.62. The highest BCUT2D eigenvalue weighted by Gasteiger charge is 2.31. The fourth-order valence-electron chi connectivity index (χ4n) is 4.82. The number of carbonyl (C=O) groups excluding carboxylic acids is 1. The van der Waals surface area contributed by atoms with Gasteiger partial charge in [0.1, 0.15) is 6.10 Å². The number of rotatable bonds is 8. The van der Waals surface area contributed by atoms with Crippen LogP contribution in [0.1, 0.15) is 80.6 Å². The van der Waals surface area contributed by atoms with Gasteiger partial charge in [-0.05, 0) is 93.2 Å². The highest BCUT2D eigenvalue weighted by atomic mass is 16.5. The van der Waals surface area contributed by atoms with E-state index in [1.165, 1.54) is 38.5 Å². The predicted molar refractivity (Wildman–Crippen MR) is 113 cm³/mol. The van der Waals surface area contributed by atoms with Crippen LogP contribution in [-0.2, 0) is 16.1 Å². The van der Waals surface area contributed by atoms with Crippen LogP contribution < -0.4 is 0 Å². The quantitative estimate of drug-likeness (QED) is 0.299. The van der Waals surface area contributed by atoms with Crippen LogP contribution in [0, 0.1) is 17.8 Å². The van der Waals surface area contributed by atoms with Gasteiger partial charge in [-0.15, -0.1) is 6.58 Å². The van der Waals surface area contributed by atoms with E-state index in [1.807, 2.05) is 24.3 Å². The molecule has 1 aromatic carbocycles. The molecule has 1 aromatic rings. The van der Waals surface area contributed by atoms with Crippen LogP contribution in [0.25, 0.3) is 0 Å². The lowest BCUT2D eigenvalue weighted by molar-refractivity contribution is 0.0113. The van der Waals surface area contributed by atoms with Crippen molar-refractivity contribution in [1.29, 1.82) is 0 Å². The van der Waals surface area contributed by atoms with Crippen molar-refractivity contribution < 1.29 is 14.3 Å². The molecule has 0 spiro atoms. The second-order valence-corrected chi connectivity index (χ2v) is 8.60. The Labute approximate surface area is 170 Å². The maximum atomic E-state index is 12.5. The van der Waals surface area contributed by atoms with Crippen LogP contribution in [-0.4, -0.2) is 18.7 Å². The van der Waals surface area contributed by atoms with E-state index in [9.17, 15) is 4.79 Å². The molecule has 0 atom stereocenters. The van der Waals surface area contributed by atoms with E-state index in [0.29, 0.717) is 12.2 Å². The largest absolute Gasteiger partial charge is 0.459 e. The van der Waals surface area contributed by atoms with Crippen LogP contribution in [0.15, 0.2) is 36.9 Å². The van der Waals surface area contributed by atoms with Crippen LogP contribution >= 0.6 is 0 Å². The molecule has 2 aliphatic rings. The number of hydrogen-bond donors (Lipinski definition) is 0. The lowest BCUT2D eigenvalue weighted by Gasteiger charge is -2.37. The monoisotopic (exact) mass is 384 g/mol. The van der Waals surface area contributed by atoms with Crippen molar-refractivity contribution in [2.75, 3.05) is 6.61 Å². The number of ether oxygens (including phenoxy) is 2. The molecule has 0 aromatic heterocycles. The van der Waals surface area contributed by atoms with Crippen molar-refractivity contribution in [3.63, 3.8) is 0 Å². The van der Waals surface area contributed by atoms with E-state index in [2.05, 4.69) is 19.6 Å². The molecule has 0 bridgehead atoms. The smallest absolute Gasteiger partial charge is 0.338 e. The summed E-state index contributed by atoms with van der Waals surface area (Å²) in [6.07, 6.45) is 13.0. The Morgan fingerprint density at radius 2 is 1.61 bits per heavy atom.